The Kier molecular flexibility index (Phi) is 3.29. The summed E-state index contributed by atoms with van der Waals surface area (Å²) in [6.45, 7) is 4.22. The second-order valence-corrected chi connectivity index (χ2v) is 4.61. The molecule has 0 spiro atoms. The minimum absolute atomic E-state index is 0.307. The monoisotopic (exact) mass is 255 g/mol. The summed E-state index contributed by atoms with van der Waals surface area (Å²) in [6, 6.07) is 8.51. The second kappa shape index (κ2) is 5.24. The van der Waals surface area contributed by atoms with Crippen LogP contribution >= 0.6 is 0 Å². The maximum Gasteiger partial charge on any atom is 0.219 e. The number of nitrogens with one attached hydrogen (secondary N) is 1. The van der Waals surface area contributed by atoms with Gasteiger partial charge in [-0.2, -0.15) is 0 Å². The molecule has 5 heteroatoms. The third-order valence-corrected chi connectivity index (χ3v) is 3.35. The Hall–Kier alpha value is -2.14. The van der Waals surface area contributed by atoms with Crippen molar-refractivity contribution in [1.82, 2.24) is 15.3 Å². The lowest BCUT2D eigenvalue weighted by molar-refractivity contribution is 0.589. The lowest BCUT2D eigenvalue weighted by Crippen LogP contribution is -2.43. The van der Waals surface area contributed by atoms with Gasteiger partial charge in [-0.3, -0.25) is 0 Å². The smallest absolute Gasteiger partial charge is 0.219 e. The summed E-state index contributed by atoms with van der Waals surface area (Å²) in [5.41, 5.74) is 8.85. The summed E-state index contributed by atoms with van der Waals surface area (Å²) in [5.74, 6) is 0.307. The molecule has 98 valence electrons. The molecule has 5 nitrogen and oxygen atoms in total. The maximum absolute atomic E-state index is 5.49. The Labute approximate surface area is 112 Å². The first-order valence-corrected chi connectivity index (χ1v) is 6.46. The number of nitrogens with zero attached hydrogens (tertiary/aromatic N) is 3. The van der Waals surface area contributed by atoms with Crippen LogP contribution in [-0.2, 0) is 0 Å². The first-order valence-electron chi connectivity index (χ1n) is 6.46. The van der Waals surface area contributed by atoms with E-state index in [1.165, 1.54) is 5.69 Å². The SMILES string of the molecule is Nc1ncc(-c2ccc(N3CCNCC3)cc2)cn1. The summed E-state index contributed by atoms with van der Waals surface area (Å²) in [5, 5.41) is 3.36. The molecule has 1 aromatic carbocycles. The zero-order valence-corrected chi connectivity index (χ0v) is 10.7. The minimum Gasteiger partial charge on any atom is -0.369 e. The van der Waals surface area contributed by atoms with Gasteiger partial charge in [-0.15, -0.1) is 0 Å². The largest absolute Gasteiger partial charge is 0.369 e. The van der Waals surface area contributed by atoms with Crippen molar-refractivity contribution in [3.63, 3.8) is 0 Å². The fraction of sp³-hybridized carbons (Fsp3) is 0.286. The first-order chi connectivity index (χ1) is 9.33. The van der Waals surface area contributed by atoms with Crippen molar-refractivity contribution < 1.29 is 0 Å². The van der Waals surface area contributed by atoms with Crippen molar-refractivity contribution in [2.75, 3.05) is 36.8 Å². The van der Waals surface area contributed by atoms with E-state index in [1.807, 2.05) is 0 Å². The van der Waals surface area contributed by atoms with Crippen LogP contribution in [0.3, 0.4) is 0 Å². The van der Waals surface area contributed by atoms with Crippen LogP contribution < -0.4 is 16.0 Å². The molecule has 19 heavy (non-hydrogen) atoms. The minimum atomic E-state index is 0.307. The average Bonchev–Trinajstić information content (AvgIpc) is 2.49. The first kappa shape index (κ1) is 11.9. The molecule has 0 amide bonds. The summed E-state index contributed by atoms with van der Waals surface area (Å²) in [6.07, 6.45) is 3.50. The number of hydrogen-bond donors (Lipinski definition) is 2. The Balaban J connectivity index is 1.80. The summed E-state index contributed by atoms with van der Waals surface area (Å²) in [4.78, 5) is 10.4. The van der Waals surface area contributed by atoms with Crippen molar-refractivity contribution in [2.45, 2.75) is 0 Å². The zero-order chi connectivity index (χ0) is 13.1. The molecule has 1 saturated heterocycles. The van der Waals surface area contributed by atoms with Crippen LogP contribution in [0.5, 0.6) is 0 Å². The Bertz CT molecular complexity index is 529. The van der Waals surface area contributed by atoms with Crippen molar-refractivity contribution in [2.24, 2.45) is 0 Å². The molecule has 3 rings (SSSR count). The van der Waals surface area contributed by atoms with E-state index < -0.39 is 0 Å². The Morgan fingerprint density at radius 2 is 1.58 bits per heavy atom. The number of anilines is 2. The number of hydrogen-bond acceptors (Lipinski definition) is 5. The number of nitrogen functional groups attached to an aromatic ring is 1. The number of rotatable bonds is 2. The highest BCUT2D eigenvalue weighted by molar-refractivity contribution is 5.65. The van der Waals surface area contributed by atoms with E-state index in [9.17, 15) is 0 Å². The highest BCUT2D eigenvalue weighted by Crippen LogP contribution is 2.22. The van der Waals surface area contributed by atoms with Crippen LogP contribution in [-0.4, -0.2) is 36.1 Å². The van der Waals surface area contributed by atoms with Gasteiger partial charge in [-0.25, -0.2) is 9.97 Å². The van der Waals surface area contributed by atoms with Gasteiger partial charge in [-0.05, 0) is 17.7 Å². The van der Waals surface area contributed by atoms with E-state index in [1.54, 1.807) is 12.4 Å². The van der Waals surface area contributed by atoms with Gasteiger partial charge in [0, 0.05) is 49.8 Å². The molecule has 1 fully saturated rings. The standard InChI is InChI=1S/C14H17N5/c15-14-17-9-12(10-18-14)11-1-3-13(4-2-11)19-7-5-16-6-8-19/h1-4,9-10,16H,5-8H2,(H2,15,17,18). The zero-order valence-electron chi connectivity index (χ0n) is 10.7. The third-order valence-electron chi connectivity index (χ3n) is 3.35. The highest BCUT2D eigenvalue weighted by atomic mass is 15.2. The fourth-order valence-corrected chi connectivity index (χ4v) is 2.27. The van der Waals surface area contributed by atoms with Crippen molar-refractivity contribution in [3.8, 4) is 11.1 Å². The van der Waals surface area contributed by atoms with E-state index in [0.717, 1.165) is 37.3 Å². The van der Waals surface area contributed by atoms with Gasteiger partial charge in [0.25, 0.3) is 0 Å². The van der Waals surface area contributed by atoms with Crippen molar-refractivity contribution in [3.05, 3.63) is 36.7 Å². The van der Waals surface area contributed by atoms with E-state index in [4.69, 9.17) is 5.73 Å². The number of piperazine rings is 1. The molecule has 3 N–H and O–H groups in total. The molecular formula is C14H17N5. The van der Waals surface area contributed by atoms with Gasteiger partial charge < -0.3 is 16.0 Å². The van der Waals surface area contributed by atoms with Crippen LogP contribution in [0.1, 0.15) is 0 Å². The number of aromatic nitrogens is 2. The summed E-state index contributed by atoms with van der Waals surface area (Å²) in [7, 11) is 0. The molecule has 0 bridgehead atoms. The van der Waals surface area contributed by atoms with Crippen LogP contribution in [0.15, 0.2) is 36.7 Å². The molecule has 1 aromatic heterocycles. The van der Waals surface area contributed by atoms with Gasteiger partial charge in [0.1, 0.15) is 0 Å². The van der Waals surface area contributed by atoms with E-state index >= 15 is 0 Å². The van der Waals surface area contributed by atoms with Crippen molar-refractivity contribution in [1.29, 1.82) is 0 Å². The van der Waals surface area contributed by atoms with Gasteiger partial charge in [-0.1, -0.05) is 12.1 Å². The molecule has 2 heterocycles. The average molecular weight is 255 g/mol. The Morgan fingerprint density at radius 3 is 2.21 bits per heavy atom. The predicted octanol–water partition coefficient (Wildman–Crippen LogP) is 1.14. The van der Waals surface area contributed by atoms with Gasteiger partial charge in [0.2, 0.25) is 5.95 Å². The second-order valence-electron chi connectivity index (χ2n) is 4.61. The molecule has 0 unspecified atom stereocenters. The summed E-state index contributed by atoms with van der Waals surface area (Å²) >= 11 is 0. The normalized spacial score (nSPS) is 15.5. The molecule has 0 atom stereocenters. The quantitative estimate of drug-likeness (QED) is 0.842. The van der Waals surface area contributed by atoms with Crippen LogP contribution in [0, 0.1) is 0 Å². The number of nitrogens with two attached hydrogens (primary N) is 1. The summed E-state index contributed by atoms with van der Waals surface area (Å²) < 4.78 is 0. The van der Waals surface area contributed by atoms with Gasteiger partial charge in [0.15, 0.2) is 0 Å². The van der Waals surface area contributed by atoms with E-state index in [2.05, 4.69) is 44.5 Å². The molecule has 0 saturated carbocycles. The van der Waals surface area contributed by atoms with Crippen LogP contribution in [0.4, 0.5) is 11.6 Å². The van der Waals surface area contributed by atoms with Crippen molar-refractivity contribution >= 4 is 11.6 Å². The van der Waals surface area contributed by atoms with E-state index in [-0.39, 0.29) is 0 Å². The van der Waals surface area contributed by atoms with Crippen LogP contribution in [0.25, 0.3) is 11.1 Å². The van der Waals surface area contributed by atoms with E-state index in [0.29, 0.717) is 5.95 Å². The molecule has 0 radical (unpaired) electrons. The predicted molar refractivity (Wildman–Crippen MR) is 77.0 cm³/mol. The van der Waals surface area contributed by atoms with Gasteiger partial charge in [0.05, 0.1) is 0 Å². The Morgan fingerprint density at radius 1 is 0.947 bits per heavy atom. The third kappa shape index (κ3) is 2.66. The molecule has 2 aromatic rings. The molecule has 1 aliphatic rings. The molecule has 1 aliphatic heterocycles. The topological polar surface area (TPSA) is 67.1 Å². The lowest BCUT2D eigenvalue weighted by Gasteiger charge is -2.29. The molecule has 0 aliphatic carbocycles. The highest BCUT2D eigenvalue weighted by Gasteiger charge is 2.10. The number of benzene rings is 1. The maximum atomic E-state index is 5.49. The lowest BCUT2D eigenvalue weighted by atomic mass is 10.1. The molecular weight excluding hydrogens is 238 g/mol. The van der Waals surface area contributed by atoms with Gasteiger partial charge >= 0.3 is 0 Å². The fourth-order valence-electron chi connectivity index (χ4n) is 2.27. The van der Waals surface area contributed by atoms with Crippen LogP contribution in [0.2, 0.25) is 0 Å².